The molecule has 0 aromatic heterocycles. The van der Waals surface area contributed by atoms with Crippen molar-refractivity contribution >= 4 is 11.7 Å². The van der Waals surface area contributed by atoms with E-state index in [0.717, 1.165) is 5.56 Å². The first-order valence-electron chi connectivity index (χ1n) is 7.14. The molecule has 2 atom stereocenters. The van der Waals surface area contributed by atoms with E-state index in [0.29, 0.717) is 5.56 Å². The number of benzene rings is 2. The summed E-state index contributed by atoms with van der Waals surface area (Å²) in [6.45, 7) is 3.38. The van der Waals surface area contributed by atoms with E-state index in [4.69, 9.17) is 0 Å². The molecular weight excluding hydrogens is 302 g/mol. The van der Waals surface area contributed by atoms with Crippen LogP contribution in [-0.2, 0) is 0 Å². The summed E-state index contributed by atoms with van der Waals surface area (Å²) in [5, 5.41) is 15.1. The zero-order chi connectivity index (χ0) is 17.0. The Kier molecular flexibility index (Phi) is 5.28. The summed E-state index contributed by atoms with van der Waals surface area (Å²) in [6.07, 6.45) is -1.01. The lowest BCUT2D eigenvalue weighted by Crippen LogP contribution is -2.39. The Labute approximate surface area is 133 Å². The second-order valence-electron chi connectivity index (χ2n) is 5.37. The Morgan fingerprint density at radius 1 is 1.13 bits per heavy atom. The third-order valence-electron chi connectivity index (χ3n) is 3.41. The molecule has 0 aliphatic rings. The maximum atomic E-state index is 13.6. The molecule has 0 fully saturated rings. The van der Waals surface area contributed by atoms with E-state index < -0.39 is 29.8 Å². The summed E-state index contributed by atoms with van der Waals surface area (Å²) in [6, 6.07) is 8.43. The molecule has 2 unspecified atom stereocenters. The molecule has 0 saturated heterocycles. The molecule has 23 heavy (non-hydrogen) atoms. The van der Waals surface area contributed by atoms with E-state index in [-0.39, 0.29) is 5.69 Å². The highest BCUT2D eigenvalue weighted by Gasteiger charge is 2.19. The molecule has 2 aromatic rings. The van der Waals surface area contributed by atoms with E-state index in [1.54, 1.807) is 19.9 Å². The number of rotatable bonds is 4. The lowest BCUT2D eigenvalue weighted by molar-refractivity contribution is 0.139. The van der Waals surface area contributed by atoms with Crippen molar-refractivity contribution in [1.29, 1.82) is 0 Å². The highest BCUT2D eigenvalue weighted by atomic mass is 19.1. The quantitative estimate of drug-likeness (QED) is 0.807. The molecule has 4 nitrogen and oxygen atoms in total. The Balaban J connectivity index is 1.99. The summed E-state index contributed by atoms with van der Waals surface area (Å²) < 4.78 is 26.5. The molecule has 0 aliphatic carbocycles. The molecule has 0 bridgehead atoms. The minimum absolute atomic E-state index is 0.0611. The molecule has 0 aliphatic heterocycles. The van der Waals surface area contributed by atoms with Crippen LogP contribution in [0.5, 0.6) is 0 Å². The van der Waals surface area contributed by atoms with E-state index in [1.165, 1.54) is 36.4 Å². The molecule has 2 rings (SSSR count). The van der Waals surface area contributed by atoms with Crippen molar-refractivity contribution < 1.29 is 18.7 Å². The van der Waals surface area contributed by atoms with Gasteiger partial charge in [-0.1, -0.05) is 18.2 Å². The van der Waals surface area contributed by atoms with Crippen LogP contribution >= 0.6 is 0 Å². The predicted octanol–water partition coefficient (Wildman–Crippen LogP) is 3.52. The van der Waals surface area contributed by atoms with Crippen molar-refractivity contribution in [1.82, 2.24) is 5.32 Å². The molecule has 2 amide bonds. The summed E-state index contributed by atoms with van der Waals surface area (Å²) in [4.78, 5) is 11.9. The van der Waals surface area contributed by atoms with E-state index in [2.05, 4.69) is 10.6 Å². The van der Waals surface area contributed by atoms with Gasteiger partial charge in [0.25, 0.3) is 0 Å². The molecular formula is C17H18F2N2O2. The van der Waals surface area contributed by atoms with Gasteiger partial charge in [-0.25, -0.2) is 13.6 Å². The lowest BCUT2D eigenvalue weighted by atomic mass is 10.0. The van der Waals surface area contributed by atoms with Gasteiger partial charge in [0.05, 0.1) is 17.8 Å². The third kappa shape index (κ3) is 4.50. The molecule has 3 N–H and O–H groups in total. The van der Waals surface area contributed by atoms with Gasteiger partial charge in [-0.2, -0.15) is 0 Å². The summed E-state index contributed by atoms with van der Waals surface area (Å²) in [5.41, 5.74) is 1.34. The maximum Gasteiger partial charge on any atom is 0.319 e. The van der Waals surface area contributed by atoms with Crippen molar-refractivity contribution in [3.05, 3.63) is 65.2 Å². The number of halogens is 2. The van der Waals surface area contributed by atoms with Gasteiger partial charge in [0.2, 0.25) is 0 Å². The van der Waals surface area contributed by atoms with Crippen LogP contribution < -0.4 is 10.6 Å². The van der Waals surface area contributed by atoms with Gasteiger partial charge in [0, 0.05) is 0 Å². The minimum atomic E-state index is -1.01. The second-order valence-corrected chi connectivity index (χ2v) is 5.37. The SMILES string of the molecule is Cc1ccc(F)c(NC(=O)NC(C)C(O)c2ccc(F)cc2)c1. The maximum absolute atomic E-state index is 13.6. The molecule has 6 heteroatoms. The van der Waals surface area contributed by atoms with Crippen LogP contribution in [0.2, 0.25) is 0 Å². The number of hydrogen-bond donors (Lipinski definition) is 3. The third-order valence-corrected chi connectivity index (χ3v) is 3.41. The zero-order valence-electron chi connectivity index (χ0n) is 12.8. The van der Waals surface area contributed by atoms with Crippen molar-refractivity contribution in [2.24, 2.45) is 0 Å². The van der Waals surface area contributed by atoms with E-state index in [9.17, 15) is 18.7 Å². The van der Waals surface area contributed by atoms with Crippen molar-refractivity contribution in [3.63, 3.8) is 0 Å². The number of amides is 2. The van der Waals surface area contributed by atoms with E-state index >= 15 is 0 Å². The molecule has 0 saturated carbocycles. The number of carbonyl (C=O) groups is 1. The fraction of sp³-hybridized carbons (Fsp3) is 0.235. The smallest absolute Gasteiger partial charge is 0.319 e. The molecule has 0 spiro atoms. The van der Waals surface area contributed by atoms with Crippen molar-refractivity contribution in [2.45, 2.75) is 26.0 Å². The normalized spacial score (nSPS) is 13.3. The molecule has 122 valence electrons. The number of anilines is 1. The van der Waals surface area contributed by atoms with Gasteiger partial charge in [-0.3, -0.25) is 0 Å². The van der Waals surface area contributed by atoms with Crippen LogP contribution in [0.4, 0.5) is 19.3 Å². The summed E-state index contributed by atoms with van der Waals surface area (Å²) >= 11 is 0. The predicted molar refractivity (Wildman–Crippen MR) is 84.1 cm³/mol. The van der Waals surface area contributed by atoms with Gasteiger partial charge in [-0.05, 0) is 49.2 Å². The van der Waals surface area contributed by atoms with Gasteiger partial charge >= 0.3 is 6.03 Å². The van der Waals surface area contributed by atoms with Crippen LogP contribution in [0.3, 0.4) is 0 Å². The summed E-state index contributed by atoms with van der Waals surface area (Å²) in [5.74, 6) is -0.952. The molecule has 0 radical (unpaired) electrons. The number of urea groups is 1. The van der Waals surface area contributed by atoms with Gasteiger partial charge in [-0.15, -0.1) is 0 Å². The first-order valence-corrected chi connectivity index (χ1v) is 7.14. The standard InChI is InChI=1S/C17H18F2N2O2/c1-10-3-8-14(19)15(9-10)21-17(23)20-11(2)16(22)12-4-6-13(18)7-5-12/h3-9,11,16,22H,1-2H3,(H2,20,21,23). The average Bonchev–Trinajstić information content (AvgIpc) is 2.51. The number of nitrogens with one attached hydrogen (secondary N) is 2. The van der Waals surface area contributed by atoms with Gasteiger partial charge < -0.3 is 15.7 Å². The van der Waals surface area contributed by atoms with E-state index in [1.807, 2.05) is 0 Å². The first kappa shape index (κ1) is 16.9. The highest BCUT2D eigenvalue weighted by molar-refractivity contribution is 5.89. The number of aliphatic hydroxyl groups excluding tert-OH is 1. The van der Waals surface area contributed by atoms with Crippen molar-refractivity contribution in [3.8, 4) is 0 Å². The van der Waals surface area contributed by atoms with Crippen LogP contribution in [0.1, 0.15) is 24.2 Å². The molecule has 2 aromatic carbocycles. The van der Waals surface area contributed by atoms with Gasteiger partial charge in [0.1, 0.15) is 11.6 Å². The number of hydrogen-bond acceptors (Lipinski definition) is 2. The van der Waals surface area contributed by atoms with Crippen LogP contribution in [0, 0.1) is 18.6 Å². The largest absolute Gasteiger partial charge is 0.386 e. The number of aliphatic hydroxyl groups is 1. The highest BCUT2D eigenvalue weighted by Crippen LogP contribution is 2.18. The Morgan fingerprint density at radius 2 is 1.78 bits per heavy atom. The zero-order valence-corrected chi connectivity index (χ0v) is 12.8. The topological polar surface area (TPSA) is 61.4 Å². The van der Waals surface area contributed by atoms with Gasteiger partial charge in [0.15, 0.2) is 0 Å². The van der Waals surface area contributed by atoms with Crippen LogP contribution in [0.25, 0.3) is 0 Å². The van der Waals surface area contributed by atoms with Crippen LogP contribution in [-0.4, -0.2) is 17.2 Å². The Bertz CT molecular complexity index is 689. The molecule has 0 heterocycles. The minimum Gasteiger partial charge on any atom is -0.386 e. The number of carbonyl (C=O) groups excluding carboxylic acids is 1. The number of aryl methyl sites for hydroxylation is 1. The summed E-state index contributed by atoms with van der Waals surface area (Å²) in [7, 11) is 0. The fourth-order valence-electron chi connectivity index (χ4n) is 2.13. The Morgan fingerprint density at radius 3 is 2.43 bits per heavy atom. The lowest BCUT2D eigenvalue weighted by Gasteiger charge is -2.21. The Hall–Kier alpha value is -2.47. The monoisotopic (exact) mass is 320 g/mol. The fourth-order valence-corrected chi connectivity index (χ4v) is 2.13. The van der Waals surface area contributed by atoms with Crippen molar-refractivity contribution in [2.75, 3.05) is 5.32 Å². The first-order chi connectivity index (χ1) is 10.9. The van der Waals surface area contributed by atoms with Crippen LogP contribution in [0.15, 0.2) is 42.5 Å². The average molecular weight is 320 g/mol. The second kappa shape index (κ2) is 7.19.